The van der Waals surface area contributed by atoms with Gasteiger partial charge in [-0.1, -0.05) is 32.1 Å². The summed E-state index contributed by atoms with van der Waals surface area (Å²) in [6.45, 7) is 6.98. The van der Waals surface area contributed by atoms with Crippen LogP contribution in [0.1, 0.15) is 51.9 Å². The molecule has 3 rings (SSSR count). The summed E-state index contributed by atoms with van der Waals surface area (Å²) in [5.74, 6) is -0.589. The summed E-state index contributed by atoms with van der Waals surface area (Å²) >= 11 is 0. The molecule has 1 unspecified atom stereocenters. The topological polar surface area (TPSA) is 86.3 Å². The number of carboxylic acids is 1. The third-order valence-corrected chi connectivity index (χ3v) is 5.93. The lowest BCUT2D eigenvalue weighted by atomic mass is 9.92. The van der Waals surface area contributed by atoms with E-state index >= 15 is 0 Å². The van der Waals surface area contributed by atoms with E-state index in [1.807, 2.05) is 19.1 Å². The number of ether oxygens (including phenoxy) is 1. The zero-order valence-corrected chi connectivity index (χ0v) is 20.2. The molecule has 1 atom stereocenters. The molecular formula is C25H30F3N3O4. The van der Waals surface area contributed by atoms with Crippen molar-refractivity contribution >= 4 is 11.7 Å². The number of rotatable bonds is 9. The van der Waals surface area contributed by atoms with Crippen molar-refractivity contribution in [3.05, 3.63) is 63.9 Å². The first kappa shape index (κ1) is 26.3. The van der Waals surface area contributed by atoms with Crippen LogP contribution < -0.4 is 10.4 Å². The van der Waals surface area contributed by atoms with E-state index in [-0.39, 0.29) is 12.1 Å². The molecule has 0 bridgehead atoms. The molecule has 2 aromatic rings. The molecule has 1 aromatic heterocycles. The molecule has 7 nitrogen and oxygen atoms in total. The fourth-order valence-corrected chi connectivity index (χ4v) is 3.90. The van der Waals surface area contributed by atoms with Gasteiger partial charge in [-0.3, -0.25) is 4.57 Å². The smallest absolute Gasteiger partial charge is 0.412 e. The Bertz CT molecular complexity index is 1190. The Labute approximate surface area is 201 Å². The highest BCUT2D eigenvalue weighted by Crippen LogP contribution is 2.36. The maximum absolute atomic E-state index is 13.1. The summed E-state index contributed by atoms with van der Waals surface area (Å²) in [5.41, 5.74) is -0.941. The molecular weight excluding hydrogens is 463 g/mol. The minimum atomic E-state index is -4.39. The van der Waals surface area contributed by atoms with Crippen LogP contribution in [-0.2, 0) is 24.2 Å². The summed E-state index contributed by atoms with van der Waals surface area (Å²) < 4.78 is 47.5. The first-order valence-corrected chi connectivity index (χ1v) is 11.5. The Hall–Kier alpha value is -3.30. The first-order valence-electron chi connectivity index (χ1n) is 11.5. The summed E-state index contributed by atoms with van der Waals surface area (Å²) in [4.78, 5) is 24.3. The van der Waals surface area contributed by atoms with Gasteiger partial charge in [0.05, 0.1) is 5.70 Å². The fraction of sp³-hybridized carbons (Fsp3) is 0.480. The van der Waals surface area contributed by atoms with Crippen LogP contribution in [0.15, 0.2) is 46.8 Å². The second-order valence-corrected chi connectivity index (χ2v) is 9.21. The number of allylic oxidation sites excluding steroid dienone is 4. The zero-order valence-electron chi connectivity index (χ0n) is 20.2. The van der Waals surface area contributed by atoms with E-state index in [0.29, 0.717) is 43.1 Å². The molecule has 0 aliphatic heterocycles. The number of hydrogen-bond acceptors (Lipinski definition) is 4. The SMILES string of the molecule is CCCn1c(CCc2ccc(OC(C)(C)C(=O)O)cc2)nn(C2=CC=C(C(F)(F)F)CC2C)c1=O. The maximum atomic E-state index is 13.1. The Morgan fingerprint density at radius 3 is 2.37 bits per heavy atom. The van der Waals surface area contributed by atoms with E-state index in [1.165, 1.54) is 24.6 Å². The Balaban J connectivity index is 1.81. The van der Waals surface area contributed by atoms with E-state index in [1.54, 1.807) is 23.6 Å². The largest absolute Gasteiger partial charge is 0.478 e. The van der Waals surface area contributed by atoms with Crippen molar-refractivity contribution in [1.29, 1.82) is 0 Å². The van der Waals surface area contributed by atoms with Gasteiger partial charge in [-0.15, -0.1) is 0 Å². The van der Waals surface area contributed by atoms with E-state index in [4.69, 9.17) is 4.74 Å². The molecule has 1 heterocycles. The van der Waals surface area contributed by atoms with Gasteiger partial charge in [0.1, 0.15) is 11.6 Å². The van der Waals surface area contributed by atoms with Crippen molar-refractivity contribution in [2.45, 2.75) is 71.7 Å². The number of hydrogen-bond donors (Lipinski definition) is 1. The number of aryl methyl sites for hydroxylation is 2. The third-order valence-electron chi connectivity index (χ3n) is 5.93. The lowest BCUT2D eigenvalue weighted by Crippen LogP contribution is -2.37. The van der Waals surface area contributed by atoms with Crippen molar-refractivity contribution in [3.63, 3.8) is 0 Å². The normalized spacial score (nSPS) is 16.6. The highest BCUT2D eigenvalue weighted by Gasteiger charge is 2.36. The Kier molecular flexibility index (Phi) is 7.62. The quantitative estimate of drug-likeness (QED) is 0.540. The molecule has 0 saturated heterocycles. The number of alkyl halides is 3. The van der Waals surface area contributed by atoms with Gasteiger partial charge in [0, 0.05) is 24.5 Å². The molecule has 0 saturated carbocycles. The zero-order chi connectivity index (χ0) is 26.0. The molecule has 1 aliphatic rings. The van der Waals surface area contributed by atoms with Crippen LogP contribution in [0.3, 0.4) is 0 Å². The van der Waals surface area contributed by atoms with Crippen molar-refractivity contribution in [2.75, 3.05) is 0 Å². The van der Waals surface area contributed by atoms with Crippen LogP contribution in [0.4, 0.5) is 13.2 Å². The molecule has 0 spiro atoms. The van der Waals surface area contributed by atoms with Gasteiger partial charge in [0.25, 0.3) is 0 Å². The van der Waals surface area contributed by atoms with Crippen LogP contribution in [0, 0.1) is 5.92 Å². The standard InChI is InChI=1S/C25H30F3N3O4/c1-5-14-30-21(13-8-17-6-10-19(11-7-17)35-24(3,4)22(32)33)29-31(23(30)34)20-12-9-18(15-16(20)2)25(26,27)28/h6-7,9-12,16H,5,8,13-15H2,1-4H3,(H,32,33). The van der Waals surface area contributed by atoms with E-state index in [2.05, 4.69) is 5.10 Å². The van der Waals surface area contributed by atoms with Crippen LogP contribution in [0.25, 0.3) is 5.70 Å². The lowest BCUT2D eigenvalue weighted by molar-refractivity contribution is -0.152. The lowest BCUT2D eigenvalue weighted by Gasteiger charge is -2.22. The van der Waals surface area contributed by atoms with Gasteiger partial charge >= 0.3 is 17.8 Å². The molecule has 0 amide bonds. The maximum Gasteiger partial charge on any atom is 0.412 e. The van der Waals surface area contributed by atoms with Gasteiger partial charge in [0.15, 0.2) is 5.60 Å². The van der Waals surface area contributed by atoms with Gasteiger partial charge in [0.2, 0.25) is 0 Å². The number of carboxylic acid groups (broad SMARTS) is 1. The molecule has 10 heteroatoms. The van der Waals surface area contributed by atoms with Crippen molar-refractivity contribution < 1.29 is 27.8 Å². The van der Waals surface area contributed by atoms with Crippen molar-refractivity contribution in [2.24, 2.45) is 5.92 Å². The van der Waals surface area contributed by atoms with Gasteiger partial charge < -0.3 is 9.84 Å². The molecule has 190 valence electrons. The minimum Gasteiger partial charge on any atom is -0.478 e. The predicted molar refractivity (Wildman–Crippen MR) is 125 cm³/mol. The van der Waals surface area contributed by atoms with Crippen LogP contribution in [0.5, 0.6) is 5.75 Å². The summed E-state index contributed by atoms with van der Waals surface area (Å²) in [5, 5.41) is 13.7. The average Bonchev–Trinajstić information content (AvgIpc) is 3.08. The summed E-state index contributed by atoms with van der Waals surface area (Å²) in [7, 11) is 0. The molecule has 1 N–H and O–H groups in total. The van der Waals surface area contributed by atoms with Crippen LogP contribution in [0.2, 0.25) is 0 Å². The second kappa shape index (κ2) is 10.1. The number of aliphatic carboxylic acids is 1. The van der Waals surface area contributed by atoms with E-state index in [0.717, 1.165) is 11.6 Å². The second-order valence-electron chi connectivity index (χ2n) is 9.21. The molecule has 1 aliphatic carbocycles. The number of aromatic nitrogens is 3. The monoisotopic (exact) mass is 493 g/mol. The van der Waals surface area contributed by atoms with E-state index < -0.39 is 29.2 Å². The molecule has 0 fully saturated rings. The van der Waals surface area contributed by atoms with Crippen LogP contribution in [-0.4, -0.2) is 37.2 Å². The van der Waals surface area contributed by atoms with Crippen molar-refractivity contribution in [1.82, 2.24) is 14.3 Å². The van der Waals surface area contributed by atoms with Crippen LogP contribution >= 0.6 is 0 Å². The summed E-state index contributed by atoms with van der Waals surface area (Å²) in [6.07, 6.45) is -0.512. The van der Waals surface area contributed by atoms with Crippen molar-refractivity contribution in [3.8, 4) is 5.75 Å². The predicted octanol–water partition coefficient (Wildman–Crippen LogP) is 4.85. The average molecular weight is 494 g/mol. The first-order chi connectivity index (χ1) is 16.3. The third kappa shape index (κ3) is 6.04. The number of nitrogens with zero attached hydrogens (tertiary/aromatic N) is 3. The number of carbonyl (C=O) groups is 1. The Morgan fingerprint density at radius 2 is 1.83 bits per heavy atom. The molecule has 35 heavy (non-hydrogen) atoms. The molecule has 1 aromatic carbocycles. The minimum absolute atomic E-state index is 0.204. The van der Waals surface area contributed by atoms with E-state index in [9.17, 15) is 27.9 Å². The highest BCUT2D eigenvalue weighted by molar-refractivity contribution is 5.76. The summed E-state index contributed by atoms with van der Waals surface area (Å²) in [6, 6.07) is 7.02. The van der Waals surface area contributed by atoms with Gasteiger partial charge in [-0.2, -0.15) is 23.0 Å². The molecule has 0 radical (unpaired) electrons. The van der Waals surface area contributed by atoms with Gasteiger partial charge in [-0.25, -0.2) is 9.59 Å². The van der Waals surface area contributed by atoms with Gasteiger partial charge in [-0.05, 0) is 56.9 Å². The highest BCUT2D eigenvalue weighted by atomic mass is 19.4. The Morgan fingerprint density at radius 1 is 1.17 bits per heavy atom. The number of halogens is 3. The fourth-order valence-electron chi connectivity index (χ4n) is 3.90. The number of benzene rings is 1.